The van der Waals surface area contributed by atoms with Crippen molar-refractivity contribution in [1.82, 2.24) is 9.97 Å². The van der Waals surface area contributed by atoms with Gasteiger partial charge in [-0.3, -0.25) is 0 Å². The van der Waals surface area contributed by atoms with Crippen molar-refractivity contribution in [2.45, 2.75) is 6.92 Å². The van der Waals surface area contributed by atoms with Gasteiger partial charge in [0.25, 0.3) is 0 Å². The molecule has 0 bridgehead atoms. The zero-order valence-corrected chi connectivity index (χ0v) is 17.2. The smallest absolute Gasteiger partial charge is 0.143 e. The number of anilines is 2. The third-order valence-corrected chi connectivity index (χ3v) is 6.16. The first kappa shape index (κ1) is 16.7. The third kappa shape index (κ3) is 3.21. The van der Waals surface area contributed by atoms with Crippen LogP contribution in [0.1, 0.15) is 4.88 Å². The summed E-state index contributed by atoms with van der Waals surface area (Å²) in [5.74, 6) is 0.819. The molecule has 0 aliphatic heterocycles. The van der Waals surface area contributed by atoms with E-state index in [1.807, 2.05) is 24.3 Å². The van der Waals surface area contributed by atoms with Crippen LogP contribution in [0.2, 0.25) is 0 Å². The van der Waals surface area contributed by atoms with Gasteiger partial charge in [-0.1, -0.05) is 40.2 Å². The van der Waals surface area contributed by atoms with Gasteiger partial charge >= 0.3 is 0 Å². The lowest BCUT2D eigenvalue weighted by atomic mass is 10.0. The Morgan fingerprint density at radius 3 is 2.48 bits per heavy atom. The summed E-state index contributed by atoms with van der Waals surface area (Å²) < 4.78 is 2.06. The van der Waals surface area contributed by atoms with Crippen LogP contribution >= 0.6 is 43.2 Å². The molecule has 2 aromatic carbocycles. The molecular weight excluding hydrogens is 462 g/mol. The summed E-state index contributed by atoms with van der Waals surface area (Å²) in [6.07, 6.45) is 1.61. The molecule has 0 saturated heterocycles. The minimum Gasteiger partial charge on any atom is -0.339 e. The second kappa shape index (κ2) is 6.86. The maximum Gasteiger partial charge on any atom is 0.143 e. The van der Waals surface area contributed by atoms with Gasteiger partial charge in [-0.25, -0.2) is 9.97 Å². The lowest BCUT2D eigenvalue weighted by molar-refractivity contribution is 1.23. The van der Waals surface area contributed by atoms with Gasteiger partial charge in [-0.15, -0.1) is 11.3 Å². The Kier molecular flexibility index (Phi) is 4.58. The standard InChI is InChI=1S/C19H13Br2N3S/c1-11-16(12-6-8-13(20)9-7-12)17-18(22-10-23-19(17)25-11)24-15-5-3-2-4-14(15)21/h2-10H,1H3,(H,22,23,24). The Bertz CT molecular complexity index is 1060. The zero-order chi connectivity index (χ0) is 17.4. The Labute approximate surface area is 166 Å². The highest BCUT2D eigenvalue weighted by atomic mass is 79.9. The molecule has 4 aromatic rings. The van der Waals surface area contributed by atoms with Gasteiger partial charge in [-0.05, 0) is 52.7 Å². The first-order valence-corrected chi connectivity index (χ1v) is 10.1. The molecular formula is C19H13Br2N3S. The molecule has 0 unspecified atom stereocenters. The predicted octanol–water partition coefficient (Wildman–Crippen LogP) is 6.94. The molecule has 0 saturated carbocycles. The molecule has 0 spiro atoms. The maximum absolute atomic E-state index is 4.51. The molecule has 2 aromatic heterocycles. The van der Waals surface area contributed by atoms with E-state index in [9.17, 15) is 0 Å². The number of aromatic nitrogens is 2. The fraction of sp³-hybridized carbons (Fsp3) is 0.0526. The average Bonchev–Trinajstić information content (AvgIpc) is 2.95. The SMILES string of the molecule is Cc1sc2ncnc(Nc3ccccc3Br)c2c1-c1ccc(Br)cc1. The second-order valence-electron chi connectivity index (χ2n) is 5.55. The first-order valence-electron chi connectivity index (χ1n) is 7.65. The van der Waals surface area contributed by atoms with Crippen LogP contribution in [0.15, 0.2) is 63.8 Å². The Hall–Kier alpha value is -1.76. The highest BCUT2D eigenvalue weighted by Gasteiger charge is 2.17. The maximum atomic E-state index is 4.51. The van der Waals surface area contributed by atoms with E-state index in [0.717, 1.165) is 36.2 Å². The molecule has 25 heavy (non-hydrogen) atoms. The van der Waals surface area contributed by atoms with Gasteiger partial charge in [0.2, 0.25) is 0 Å². The Morgan fingerprint density at radius 1 is 0.960 bits per heavy atom. The number of fused-ring (bicyclic) bond motifs is 1. The summed E-state index contributed by atoms with van der Waals surface area (Å²) in [5.41, 5.74) is 3.33. The quantitative estimate of drug-likeness (QED) is 0.349. The number of aryl methyl sites for hydroxylation is 1. The summed E-state index contributed by atoms with van der Waals surface area (Å²) in [6.45, 7) is 2.13. The predicted molar refractivity (Wildman–Crippen MR) is 113 cm³/mol. The normalized spacial score (nSPS) is 11.0. The monoisotopic (exact) mass is 473 g/mol. The summed E-state index contributed by atoms with van der Waals surface area (Å²) in [5, 5.41) is 4.51. The third-order valence-electron chi connectivity index (χ3n) is 3.92. The number of hydrogen-bond donors (Lipinski definition) is 1. The van der Waals surface area contributed by atoms with Gasteiger partial charge in [0, 0.05) is 19.4 Å². The molecule has 0 aliphatic rings. The fourth-order valence-electron chi connectivity index (χ4n) is 2.79. The number of thiophene rings is 1. The molecule has 0 aliphatic carbocycles. The van der Waals surface area contributed by atoms with Crippen molar-refractivity contribution in [3.63, 3.8) is 0 Å². The highest BCUT2D eigenvalue weighted by Crippen LogP contribution is 2.41. The van der Waals surface area contributed by atoms with Crippen molar-refractivity contribution in [3.8, 4) is 11.1 Å². The molecule has 0 radical (unpaired) electrons. The van der Waals surface area contributed by atoms with Gasteiger partial charge in [-0.2, -0.15) is 0 Å². The van der Waals surface area contributed by atoms with Gasteiger partial charge in [0.05, 0.1) is 11.1 Å². The van der Waals surface area contributed by atoms with Crippen molar-refractivity contribution in [2.24, 2.45) is 0 Å². The summed E-state index contributed by atoms with van der Waals surface area (Å²) in [4.78, 5) is 11.2. The van der Waals surface area contributed by atoms with Gasteiger partial charge in [0.15, 0.2) is 0 Å². The van der Waals surface area contributed by atoms with Crippen LogP contribution in [0.25, 0.3) is 21.3 Å². The van der Waals surface area contributed by atoms with Crippen LogP contribution in [0.5, 0.6) is 0 Å². The number of para-hydroxylation sites is 1. The van der Waals surface area contributed by atoms with E-state index in [1.54, 1.807) is 17.7 Å². The van der Waals surface area contributed by atoms with E-state index in [-0.39, 0.29) is 0 Å². The lowest BCUT2D eigenvalue weighted by Gasteiger charge is -2.10. The number of rotatable bonds is 3. The van der Waals surface area contributed by atoms with Crippen molar-refractivity contribution in [1.29, 1.82) is 0 Å². The molecule has 6 heteroatoms. The largest absolute Gasteiger partial charge is 0.339 e. The van der Waals surface area contributed by atoms with Gasteiger partial charge in [0.1, 0.15) is 17.0 Å². The zero-order valence-electron chi connectivity index (χ0n) is 13.3. The minimum absolute atomic E-state index is 0.819. The Morgan fingerprint density at radius 2 is 1.72 bits per heavy atom. The topological polar surface area (TPSA) is 37.8 Å². The molecule has 0 atom stereocenters. The van der Waals surface area contributed by atoms with Crippen molar-refractivity contribution < 1.29 is 0 Å². The van der Waals surface area contributed by atoms with Crippen molar-refractivity contribution >= 4 is 64.9 Å². The van der Waals surface area contributed by atoms with Crippen LogP contribution in [0, 0.1) is 6.92 Å². The van der Waals surface area contributed by atoms with Crippen molar-refractivity contribution in [2.75, 3.05) is 5.32 Å². The lowest BCUT2D eigenvalue weighted by Crippen LogP contribution is -1.96. The van der Waals surface area contributed by atoms with E-state index in [1.165, 1.54) is 10.4 Å². The summed E-state index contributed by atoms with van der Waals surface area (Å²) >= 11 is 8.78. The molecule has 3 nitrogen and oxygen atoms in total. The van der Waals surface area contributed by atoms with E-state index >= 15 is 0 Å². The summed E-state index contributed by atoms with van der Waals surface area (Å²) in [6, 6.07) is 16.4. The van der Waals surface area contributed by atoms with Crippen LogP contribution < -0.4 is 5.32 Å². The van der Waals surface area contributed by atoms with Crippen LogP contribution in [-0.2, 0) is 0 Å². The van der Waals surface area contributed by atoms with Crippen LogP contribution in [0.3, 0.4) is 0 Å². The molecule has 0 fully saturated rings. The number of benzene rings is 2. The molecule has 1 N–H and O–H groups in total. The van der Waals surface area contributed by atoms with Crippen LogP contribution in [0.4, 0.5) is 11.5 Å². The van der Waals surface area contributed by atoms with Crippen LogP contribution in [-0.4, -0.2) is 9.97 Å². The van der Waals surface area contributed by atoms with Gasteiger partial charge < -0.3 is 5.32 Å². The highest BCUT2D eigenvalue weighted by molar-refractivity contribution is 9.10. The van der Waals surface area contributed by atoms with E-state index in [0.29, 0.717) is 0 Å². The molecule has 4 rings (SSSR count). The first-order chi connectivity index (χ1) is 12.1. The summed E-state index contributed by atoms with van der Waals surface area (Å²) in [7, 11) is 0. The Balaban J connectivity index is 1.91. The average molecular weight is 475 g/mol. The number of hydrogen-bond acceptors (Lipinski definition) is 4. The molecule has 0 amide bonds. The molecule has 2 heterocycles. The van der Waals surface area contributed by atoms with E-state index in [4.69, 9.17) is 0 Å². The van der Waals surface area contributed by atoms with E-state index < -0.39 is 0 Å². The molecule has 124 valence electrons. The number of nitrogens with zero attached hydrogens (tertiary/aromatic N) is 2. The minimum atomic E-state index is 0.819. The van der Waals surface area contributed by atoms with Crippen molar-refractivity contribution in [3.05, 3.63) is 68.7 Å². The fourth-order valence-corrected chi connectivity index (χ4v) is 4.45. The number of halogens is 2. The van der Waals surface area contributed by atoms with E-state index in [2.05, 4.69) is 78.3 Å². The second-order valence-corrected chi connectivity index (χ2v) is 8.52. The number of nitrogens with one attached hydrogen (secondary N) is 1.